The highest BCUT2D eigenvalue weighted by atomic mass is 79.9. The molecule has 0 amide bonds. The van der Waals surface area contributed by atoms with Crippen molar-refractivity contribution >= 4 is 27.5 Å². The normalized spacial score (nSPS) is 10.6. The Balaban J connectivity index is 1.49. The number of hydrogen-bond donors (Lipinski definition) is 1. The van der Waals surface area contributed by atoms with Crippen LogP contribution in [-0.2, 0) is 13.2 Å². The van der Waals surface area contributed by atoms with Crippen LogP contribution in [0.25, 0.3) is 0 Å². The van der Waals surface area contributed by atoms with Crippen LogP contribution >= 0.6 is 27.5 Å². The summed E-state index contributed by atoms with van der Waals surface area (Å²) in [6, 6.07) is 17.3. The van der Waals surface area contributed by atoms with Crippen LogP contribution in [-0.4, -0.2) is 25.2 Å². The predicted molar refractivity (Wildman–Crippen MR) is 123 cm³/mol. The van der Waals surface area contributed by atoms with Gasteiger partial charge in [0.15, 0.2) is 11.5 Å². The molecule has 0 spiro atoms. The van der Waals surface area contributed by atoms with Gasteiger partial charge >= 0.3 is 0 Å². The fraction of sp³-hybridized carbons (Fsp3) is 0.261. The number of methoxy groups -OCH3 is 1. The van der Waals surface area contributed by atoms with Crippen LogP contribution in [0.4, 0.5) is 0 Å². The summed E-state index contributed by atoms with van der Waals surface area (Å²) < 4.78 is 18.0. The van der Waals surface area contributed by atoms with Gasteiger partial charge in [0.05, 0.1) is 18.2 Å². The summed E-state index contributed by atoms with van der Waals surface area (Å²) in [5, 5.41) is 4.10. The number of rotatable bonds is 11. The topological polar surface area (TPSA) is 52.6 Å². The number of benzene rings is 2. The van der Waals surface area contributed by atoms with E-state index in [0.717, 1.165) is 28.6 Å². The third-order valence-electron chi connectivity index (χ3n) is 4.33. The second-order valence-corrected chi connectivity index (χ2v) is 7.80. The van der Waals surface area contributed by atoms with Crippen molar-refractivity contribution in [2.24, 2.45) is 0 Å². The molecule has 1 heterocycles. The Bertz CT molecular complexity index is 941. The van der Waals surface area contributed by atoms with Gasteiger partial charge in [0.2, 0.25) is 5.88 Å². The SMILES string of the molecule is COc1cc(CNCCCOc2ccccn2)cc(Br)c1OCc1ccccc1Cl. The highest BCUT2D eigenvalue weighted by molar-refractivity contribution is 9.10. The van der Waals surface area contributed by atoms with Crippen molar-refractivity contribution in [3.05, 3.63) is 81.4 Å². The van der Waals surface area contributed by atoms with Crippen molar-refractivity contribution in [1.29, 1.82) is 0 Å². The molecule has 0 aliphatic heterocycles. The number of nitrogens with one attached hydrogen (secondary N) is 1. The van der Waals surface area contributed by atoms with Gasteiger partial charge in [-0.15, -0.1) is 0 Å². The first-order chi connectivity index (χ1) is 14.7. The quantitative estimate of drug-likeness (QED) is 0.352. The summed E-state index contributed by atoms with van der Waals surface area (Å²) in [4.78, 5) is 4.14. The molecular weight excluding hydrogens is 468 g/mol. The van der Waals surface area contributed by atoms with E-state index in [0.29, 0.717) is 42.2 Å². The minimum absolute atomic E-state index is 0.364. The van der Waals surface area contributed by atoms with Crippen LogP contribution in [0.15, 0.2) is 65.3 Å². The molecule has 0 bridgehead atoms. The first kappa shape index (κ1) is 22.4. The average molecular weight is 492 g/mol. The standard InChI is InChI=1S/C23H24BrClN2O3/c1-28-21-14-17(15-26-10-6-12-29-22-9-4-5-11-27-22)13-19(24)23(21)30-16-18-7-2-3-8-20(18)25/h2-5,7-9,11,13-14,26H,6,10,12,15-16H2,1H3. The minimum atomic E-state index is 0.364. The zero-order valence-corrected chi connectivity index (χ0v) is 19.1. The fourth-order valence-corrected chi connectivity index (χ4v) is 3.61. The second-order valence-electron chi connectivity index (χ2n) is 6.54. The van der Waals surface area contributed by atoms with Crippen molar-refractivity contribution in [2.45, 2.75) is 19.6 Å². The van der Waals surface area contributed by atoms with Crippen molar-refractivity contribution in [1.82, 2.24) is 10.3 Å². The summed E-state index contributed by atoms with van der Waals surface area (Å²) in [7, 11) is 1.64. The lowest BCUT2D eigenvalue weighted by Gasteiger charge is -2.15. The van der Waals surface area contributed by atoms with E-state index in [4.69, 9.17) is 25.8 Å². The average Bonchev–Trinajstić information content (AvgIpc) is 2.77. The van der Waals surface area contributed by atoms with Gasteiger partial charge in [0, 0.05) is 29.4 Å². The van der Waals surface area contributed by atoms with Gasteiger partial charge in [-0.3, -0.25) is 0 Å². The zero-order chi connectivity index (χ0) is 21.2. The smallest absolute Gasteiger partial charge is 0.213 e. The number of halogens is 2. The lowest BCUT2D eigenvalue weighted by molar-refractivity contribution is 0.282. The van der Waals surface area contributed by atoms with Gasteiger partial charge in [-0.25, -0.2) is 4.98 Å². The van der Waals surface area contributed by atoms with Crippen LogP contribution in [0.2, 0.25) is 5.02 Å². The Morgan fingerprint density at radius 2 is 1.90 bits per heavy atom. The van der Waals surface area contributed by atoms with E-state index in [1.807, 2.05) is 54.6 Å². The summed E-state index contributed by atoms with van der Waals surface area (Å²) >= 11 is 9.81. The van der Waals surface area contributed by atoms with E-state index < -0.39 is 0 Å². The van der Waals surface area contributed by atoms with Gasteiger partial charge in [-0.1, -0.05) is 35.9 Å². The number of hydrogen-bond acceptors (Lipinski definition) is 5. The van der Waals surface area contributed by atoms with Crippen molar-refractivity contribution in [3.63, 3.8) is 0 Å². The Labute approximate surface area is 190 Å². The molecule has 30 heavy (non-hydrogen) atoms. The van der Waals surface area contributed by atoms with Crippen molar-refractivity contribution in [3.8, 4) is 17.4 Å². The third-order valence-corrected chi connectivity index (χ3v) is 5.29. The van der Waals surface area contributed by atoms with Gasteiger partial charge in [0.1, 0.15) is 6.61 Å². The van der Waals surface area contributed by atoms with Crippen LogP contribution in [0.5, 0.6) is 17.4 Å². The number of pyridine rings is 1. The summed E-state index contributed by atoms with van der Waals surface area (Å²) in [6.45, 7) is 2.52. The maximum Gasteiger partial charge on any atom is 0.213 e. The molecule has 3 aromatic rings. The maximum absolute atomic E-state index is 6.21. The molecule has 0 aliphatic carbocycles. The maximum atomic E-state index is 6.21. The molecule has 1 N–H and O–H groups in total. The van der Waals surface area contributed by atoms with Gasteiger partial charge in [-0.05, 0) is 58.7 Å². The molecule has 0 fully saturated rings. The lowest BCUT2D eigenvalue weighted by Crippen LogP contribution is -2.17. The van der Waals surface area contributed by atoms with Crippen LogP contribution in [0, 0.1) is 0 Å². The molecule has 0 radical (unpaired) electrons. The summed E-state index contributed by atoms with van der Waals surface area (Å²) in [6.07, 6.45) is 2.61. The lowest BCUT2D eigenvalue weighted by atomic mass is 10.2. The molecule has 5 nitrogen and oxygen atoms in total. The first-order valence-electron chi connectivity index (χ1n) is 9.64. The number of aromatic nitrogens is 1. The highest BCUT2D eigenvalue weighted by Crippen LogP contribution is 2.37. The molecule has 0 saturated heterocycles. The van der Waals surface area contributed by atoms with Crippen molar-refractivity contribution in [2.75, 3.05) is 20.3 Å². The highest BCUT2D eigenvalue weighted by Gasteiger charge is 2.13. The van der Waals surface area contributed by atoms with E-state index in [1.165, 1.54) is 0 Å². The minimum Gasteiger partial charge on any atom is -0.493 e. The molecule has 0 unspecified atom stereocenters. The Kier molecular flexibility index (Phi) is 8.81. The van der Waals surface area contributed by atoms with Crippen LogP contribution in [0.1, 0.15) is 17.5 Å². The van der Waals surface area contributed by atoms with E-state index in [9.17, 15) is 0 Å². The molecular formula is C23H24BrClN2O3. The fourth-order valence-electron chi connectivity index (χ4n) is 2.82. The van der Waals surface area contributed by atoms with E-state index in [-0.39, 0.29) is 0 Å². The Hall–Kier alpha value is -2.28. The van der Waals surface area contributed by atoms with Gasteiger partial charge in [-0.2, -0.15) is 0 Å². The Morgan fingerprint density at radius 1 is 1.07 bits per heavy atom. The van der Waals surface area contributed by atoms with Gasteiger partial charge < -0.3 is 19.5 Å². The first-order valence-corrected chi connectivity index (χ1v) is 10.8. The Morgan fingerprint density at radius 3 is 2.67 bits per heavy atom. The van der Waals surface area contributed by atoms with Crippen LogP contribution in [0.3, 0.4) is 0 Å². The summed E-state index contributed by atoms with van der Waals surface area (Å²) in [5.41, 5.74) is 2.02. The number of nitrogens with zero attached hydrogens (tertiary/aromatic N) is 1. The largest absolute Gasteiger partial charge is 0.493 e. The van der Waals surface area contributed by atoms with Gasteiger partial charge in [0.25, 0.3) is 0 Å². The monoisotopic (exact) mass is 490 g/mol. The number of ether oxygens (including phenoxy) is 3. The molecule has 158 valence electrons. The van der Waals surface area contributed by atoms with E-state index in [1.54, 1.807) is 13.3 Å². The molecule has 3 rings (SSSR count). The second kappa shape index (κ2) is 11.8. The van der Waals surface area contributed by atoms with E-state index >= 15 is 0 Å². The summed E-state index contributed by atoms with van der Waals surface area (Å²) in [5.74, 6) is 1.98. The molecule has 0 aliphatic rings. The van der Waals surface area contributed by atoms with E-state index in [2.05, 4.69) is 26.2 Å². The third kappa shape index (κ3) is 6.62. The van der Waals surface area contributed by atoms with Crippen molar-refractivity contribution < 1.29 is 14.2 Å². The molecule has 0 atom stereocenters. The molecule has 7 heteroatoms. The molecule has 0 saturated carbocycles. The van der Waals surface area contributed by atoms with Crippen LogP contribution < -0.4 is 19.5 Å². The zero-order valence-electron chi connectivity index (χ0n) is 16.7. The molecule has 1 aromatic heterocycles. The predicted octanol–water partition coefficient (Wildman–Crippen LogP) is 5.64. The molecule has 2 aromatic carbocycles.